The maximum Gasteiger partial charge on any atom is 0.336 e. The molecule has 0 fully saturated rings. The second-order valence-corrected chi connectivity index (χ2v) is 7.51. The van der Waals surface area contributed by atoms with Crippen LogP contribution in [0.3, 0.4) is 0 Å². The summed E-state index contributed by atoms with van der Waals surface area (Å²) in [6, 6.07) is 4.79. The summed E-state index contributed by atoms with van der Waals surface area (Å²) in [4.78, 5) is 25.6. The minimum atomic E-state index is -1.06. The first kappa shape index (κ1) is 24.0. The van der Waals surface area contributed by atoms with Gasteiger partial charge in [0, 0.05) is 11.4 Å². The first-order valence-corrected chi connectivity index (χ1v) is 10.5. The lowest BCUT2D eigenvalue weighted by Crippen LogP contribution is -2.35. The molecule has 7 nitrogen and oxygen atoms in total. The van der Waals surface area contributed by atoms with Crippen molar-refractivity contribution in [3.8, 4) is 0 Å². The number of alkyl halides is 1. The number of allylic oxidation sites excluding steroid dienone is 1. The van der Waals surface area contributed by atoms with E-state index in [4.69, 9.17) is 38.5 Å². The molecule has 30 heavy (non-hydrogen) atoms. The number of thioether (sulfide) groups is 1. The predicted molar refractivity (Wildman–Crippen MR) is 116 cm³/mol. The van der Waals surface area contributed by atoms with E-state index in [-0.39, 0.29) is 39.2 Å². The number of hydrogen-bond donors (Lipinski definition) is 2. The highest BCUT2D eigenvalue weighted by Crippen LogP contribution is 2.44. The molecule has 0 spiro atoms. The number of hydrazone groups is 1. The lowest BCUT2D eigenvalue weighted by Gasteiger charge is -2.32. The number of esters is 2. The van der Waals surface area contributed by atoms with Gasteiger partial charge in [0.2, 0.25) is 0 Å². The Morgan fingerprint density at radius 2 is 2.00 bits per heavy atom. The molecular formula is C19H20Cl2FN3O4S. The maximum atomic E-state index is 14.0. The van der Waals surface area contributed by atoms with Crippen LogP contribution in [0, 0.1) is 0 Å². The number of dihydropyridines is 1. The van der Waals surface area contributed by atoms with E-state index in [1.807, 2.05) is 0 Å². The van der Waals surface area contributed by atoms with Crippen LogP contribution in [0.5, 0.6) is 0 Å². The summed E-state index contributed by atoms with van der Waals surface area (Å²) in [6.07, 6.45) is 0. The van der Waals surface area contributed by atoms with E-state index < -0.39 is 24.5 Å². The fraction of sp³-hybridized carbons (Fsp3) is 0.316. The number of ether oxygens (including phenoxy) is 2. The van der Waals surface area contributed by atoms with Gasteiger partial charge in [-0.05, 0) is 18.6 Å². The smallest absolute Gasteiger partial charge is 0.336 e. The van der Waals surface area contributed by atoms with Gasteiger partial charge in [0.25, 0.3) is 0 Å². The van der Waals surface area contributed by atoms with Gasteiger partial charge in [-0.1, -0.05) is 35.3 Å². The molecule has 0 amide bonds. The average molecular weight is 476 g/mol. The molecule has 1 aromatic carbocycles. The molecule has 0 aliphatic carbocycles. The molecule has 2 rings (SSSR count). The van der Waals surface area contributed by atoms with E-state index in [1.165, 1.54) is 24.4 Å². The van der Waals surface area contributed by atoms with E-state index in [2.05, 4.69) is 10.4 Å². The Labute approximate surface area is 187 Å². The Hall–Kier alpha value is -2.23. The molecule has 11 heteroatoms. The van der Waals surface area contributed by atoms with Crippen molar-refractivity contribution in [2.45, 2.75) is 12.8 Å². The summed E-state index contributed by atoms with van der Waals surface area (Å²) < 4.78 is 24.0. The van der Waals surface area contributed by atoms with E-state index in [0.717, 1.165) is 0 Å². The monoisotopic (exact) mass is 475 g/mol. The number of hydrogen-bond acceptors (Lipinski definition) is 8. The van der Waals surface area contributed by atoms with E-state index in [0.29, 0.717) is 11.3 Å². The van der Waals surface area contributed by atoms with Crippen molar-refractivity contribution in [1.82, 2.24) is 5.32 Å². The molecule has 1 aliphatic rings. The van der Waals surface area contributed by atoms with Gasteiger partial charge in [-0.25, -0.2) is 14.0 Å². The third-order valence-corrected chi connectivity index (χ3v) is 5.78. The van der Waals surface area contributed by atoms with Crippen LogP contribution in [0.15, 0.2) is 45.8 Å². The van der Waals surface area contributed by atoms with Crippen molar-refractivity contribution in [1.29, 1.82) is 0 Å². The van der Waals surface area contributed by atoms with Crippen LogP contribution >= 0.6 is 35.0 Å². The Kier molecular flexibility index (Phi) is 9.01. The number of rotatable bonds is 8. The molecule has 3 N–H and O–H groups in total. The standard InChI is InChI=1S/C19H20Cl2FN3O4S/c1-3-29-19(27)16-13(8-30-9-24-23)25-12(7-22)15(18(26)28-2)14(16)10-5-4-6-11(20)17(10)21/h4-6,9,14,25H,3,7-8,23H2,1-2H3. The highest BCUT2D eigenvalue weighted by atomic mass is 35.5. The Morgan fingerprint density at radius 3 is 2.60 bits per heavy atom. The van der Waals surface area contributed by atoms with Crippen molar-refractivity contribution in [3.63, 3.8) is 0 Å². The highest BCUT2D eigenvalue weighted by molar-refractivity contribution is 8.12. The molecule has 1 unspecified atom stereocenters. The minimum Gasteiger partial charge on any atom is -0.466 e. The number of nitrogens with one attached hydrogen (secondary N) is 1. The quantitative estimate of drug-likeness (QED) is 0.195. The van der Waals surface area contributed by atoms with Gasteiger partial charge in [-0.2, -0.15) is 5.10 Å². The molecule has 0 bridgehead atoms. The second-order valence-electron chi connectivity index (χ2n) is 5.90. The van der Waals surface area contributed by atoms with Gasteiger partial charge >= 0.3 is 11.9 Å². The average Bonchev–Trinajstić information content (AvgIpc) is 2.74. The zero-order chi connectivity index (χ0) is 22.3. The summed E-state index contributed by atoms with van der Waals surface area (Å²) >= 11 is 13.8. The third kappa shape index (κ3) is 5.08. The number of carbonyl (C=O) groups is 2. The Morgan fingerprint density at radius 1 is 1.30 bits per heavy atom. The summed E-state index contributed by atoms with van der Waals surface area (Å²) in [5.41, 5.74) is 2.00. The first-order chi connectivity index (χ1) is 14.4. The molecule has 0 saturated carbocycles. The fourth-order valence-electron chi connectivity index (χ4n) is 3.05. The van der Waals surface area contributed by atoms with Gasteiger partial charge in [-0.3, -0.25) is 0 Å². The predicted octanol–water partition coefficient (Wildman–Crippen LogP) is 3.53. The van der Waals surface area contributed by atoms with Gasteiger partial charge in [0.05, 0.1) is 52.1 Å². The van der Waals surface area contributed by atoms with E-state index in [1.54, 1.807) is 25.1 Å². The van der Waals surface area contributed by atoms with Gasteiger partial charge in [0.1, 0.15) is 6.67 Å². The number of carbonyl (C=O) groups excluding carboxylic acids is 2. The highest BCUT2D eigenvalue weighted by Gasteiger charge is 2.40. The zero-order valence-electron chi connectivity index (χ0n) is 16.2. The first-order valence-electron chi connectivity index (χ1n) is 8.72. The fourth-order valence-corrected chi connectivity index (χ4v) is 4.02. The van der Waals surface area contributed by atoms with Crippen molar-refractivity contribution in [3.05, 3.63) is 56.3 Å². The Balaban J connectivity index is 2.81. The molecule has 1 heterocycles. The molecular weight excluding hydrogens is 456 g/mol. The van der Waals surface area contributed by atoms with Crippen molar-refractivity contribution in [2.75, 3.05) is 26.1 Å². The van der Waals surface area contributed by atoms with Crippen LogP contribution in [0.4, 0.5) is 4.39 Å². The lowest BCUT2D eigenvalue weighted by atomic mass is 9.80. The van der Waals surface area contributed by atoms with Crippen LogP contribution < -0.4 is 11.2 Å². The van der Waals surface area contributed by atoms with Gasteiger partial charge < -0.3 is 20.6 Å². The zero-order valence-corrected chi connectivity index (χ0v) is 18.5. The third-order valence-electron chi connectivity index (χ3n) is 4.22. The number of nitrogens with two attached hydrogens (primary N) is 1. The van der Waals surface area contributed by atoms with Crippen LogP contribution in [0.1, 0.15) is 18.4 Å². The van der Waals surface area contributed by atoms with Crippen LogP contribution in [0.25, 0.3) is 0 Å². The summed E-state index contributed by atoms with van der Waals surface area (Å²) in [6.45, 7) is 0.736. The number of nitrogens with zero attached hydrogens (tertiary/aromatic N) is 1. The summed E-state index contributed by atoms with van der Waals surface area (Å²) in [5, 5.41) is 6.57. The molecule has 0 saturated heterocycles. The normalized spacial score (nSPS) is 16.6. The minimum absolute atomic E-state index is 0.0452. The Bertz CT molecular complexity index is 921. The molecule has 1 aromatic rings. The summed E-state index contributed by atoms with van der Waals surface area (Å²) in [7, 11) is 1.17. The summed E-state index contributed by atoms with van der Waals surface area (Å²) in [5.74, 6) is 2.76. The maximum absolute atomic E-state index is 14.0. The van der Waals surface area contributed by atoms with Gasteiger partial charge in [0.15, 0.2) is 0 Å². The van der Waals surface area contributed by atoms with Crippen molar-refractivity contribution >= 4 is 52.4 Å². The lowest BCUT2D eigenvalue weighted by molar-refractivity contribution is -0.139. The molecule has 1 aliphatic heterocycles. The van der Waals surface area contributed by atoms with E-state index in [9.17, 15) is 14.0 Å². The van der Waals surface area contributed by atoms with E-state index >= 15 is 0 Å². The van der Waals surface area contributed by atoms with Gasteiger partial charge in [-0.15, -0.1) is 11.8 Å². The molecule has 162 valence electrons. The van der Waals surface area contributed by atoms with Crippen LogP contribution in [-0.2, 0) is 19.1 Å². The van der Waals surface area contributed by atoms with Crippen molar-refractivity contribution < 1.29 is 23.5 Å². The topological polar surface area (TPSA) is 103 Å². The molecule has 0 radical (unpaired) electrons. The number of halogens is 3. The number of methoxy groups -OCH3 is 1. The molecule has 0 aromatic heterocycles. The number of benzene rings is 1. The second kappa shape index (κ2) is 11.2. The largest absolute Gasteiger partial charge is 0.466 e. The SMILES string of the molecule is CCOC(=O)C1=C(CSC=NN)NC(CF)=C(C(=O)OC)C1c1cccc(Cl)c1Cl. The van der Waals surface area contributed by atoms with Crippen molar-refractivity contribution in [2.24, 2.45) is 10.9 Å². The van der Waals surface area contributed by atoms with Crippen LogP contribution in [-0.4, -0.2) is 43.6 Å². The van der Waals surface area contributed by atoms with Crippen LogP contribution in [0.2, 0.25) is 10.0 Å². The molecule has 1 atom stereocenters.